The van der Waals surface area contributed by atoms with Crippen LogP contribution in [-0.2, 0) is 6.54 Å². The van der Waals surface area contributed by atoms with Crippen molar-refractivity contribution in [2.24, 2.45) is 0 Å². The lowest BCUT2D eigenvalue weighted by Crippen LogP contribution is -2.24. The lowest BCUT2D eigenvalue weighted by molar-refractivity contribution is 0.0950. The Balaban J connectivity index is 2.05. The van der Waals surface area contributed by atoms with Crippen molar-refractivity contribution in [1.29, 1.82) is 0 Å². The van der Waals surface area contributed by atoms with Crippen LogP contribution in [0.1, 0.15) is 21.7 Å². The van der Waals surface area contributed by atoms with Gasteiger partial charge in [0.2, 0.25) is 0 Å². The average molecular weight is 278 g/mol. The second-order valence-corrected chi connectivity index (χ2v) is 4.30. The number of rotatable bonds is 3. The normalized spacial score (nSPS) is 10.2. The number of carbonyl (C=O) groups is 1. The first-order valence-electron chi connectivity index (χ1n) is 5.53. The number of halogens is 1. The van der Waals surface area contributed by atoms with Gasteiger partial charge in [-0.15, -0.1) is 0 Å². The Morgan fingerprint density at radius 1 is 1.32 bits per heavy atom. The highest BCUT2D eigenvalue weighted by molar-refractivity contribution is 6.32. The van der Waals surface area contributed by atoms with Crippen molar-refractivity contribution in [3.05, 3.63) is 46.8 Å². The first kappa shape index (κ1) is 13.2. The van der Waals surface area contributed by atoms with Crippen molar-refractivity contribution in [3.8, 4) is 0 Å². The molecule has 0 aliphatic carbocycles. The molecule has 0 saturated carbocycles. The zero-order valence-electron chi connectivity index (χ0n) is 10.2. The van der Waals surface area contributed by atoms with Crippen LogP contribution in [0, 0.1) is 6.92 Å². The summed E-state index contributed by atoms with van der Waals surface area (Å²) in [5.41, 5.74) is 7.66. The number of nitrogens with zero attached hydrogens (tertiary/aromatic N) is 3. The third-order valence-corrected chi connectivity index (χ3v) is 2.67. The fraction of sp³-hybridized carbons (Fsp3) is 0.167. The highest BCUT2D eigenvalue weighted by Crippen LogP contribution is 2.15. The van der Waals surface area contributed by atoms with Crippen LogP contribution >= 0.6 is 11.6 Å². The fourth-order valence-corrected chi connectivity index (χ4v) is 1.59. The van der Waals surface area contributed by atoms with Crippen LogP contribution in [0.25, 0.3) is 0 Å². The van der Waals surface area contributed by atoms with Gasteiger partial charge >= 0.3 is 0 Å². The molecule has 2 rings (SSSR count). The molecule has 3 N–H and O–H groups in total. The van der Waals surface area contributed by atoms with E-state index in [0.29, 0.717) is 11.4 Å². The molecule has 0 atom stereocenters. The Labute approximate surface area is 115 Å². The van der Waals surface area contributed by atoms with E-state index in [-0.39, 0.29) is 23.2 Å². The number of pyridine rings is 1. The van der Waals surface area contributed by atoms with Gasteiger partial charge in [-0.3, -0.25) is 14.8 Å². The van der Waals surface area contributed by atoms with E-state index in [1.807, 2.05) is 6.92 Å². The van der Waals surface area contributed by atoms with E-state index < -0.39 is 0 Å². The molecular weight excluding hydrogens is 266 g/mol. The highest BCUT2D eigenvalue weighted by Gasteiger charge is 2.11. The maximum absolute atomic E-state index is 11.9. The van der Waals surface area contributed by atoms with E-state index in [2.05, 4.69) is 20.3 Å². The van der Waals surface area contributed by atoms with Gasteiger partial charge < -0.3 is 11.1 Å². The lowest BCUT2D eigenvalue weighted by Gasteiger charge is -2.06. The fourth-order valence-electron chi connectivity index (χ4n) is 1.40. The van der Waals surface area contributed by atoms with Gasteiger partial charge in [0.15, 0.2) is 0 Å². The summed E-state index contributed by atoms with van der Waals surface area (Å²) < 4.78 is 0. The third-order valence-electron chi connectivity index (χ3n) is 2.37. The second-order valence-electron chi connectivity index (χ2n) is 3.94. The van der Waals surface area contributed by atoms with Crippen LogP contribution < -0.4 is 11.1 Å². The molecule has 0 bridgehead atoms. The van der Waals surface area contributed by atoms with Gasteiger partial charge in [-0.1, -0.05) is 11.6 Å². The average Bonchev–Trinajstić information content (AvgIpc) is 2.40. The van der Waals surface area contributed by atoms with Gasteiger partial charge in [0.1, 0.15) is 5.15 Å². The van der Waals surface area contributed by atoms with Crippen LogP contribution in [0.2, 0.25) is 5.15 Å². The summed E-state index contributed by atoms with van der Waals surface area (Å²) in [5, 5.41) is 2.79. The minimum absolute atomic E-state index is 0.113. The summed E-state index contributed by atoms with van der Waals surface area (Å²) in [6.07, 6.45) is 4.63. The van der Waals surface area contributed by atoms with Crippen molar-refractivity contribution in [2.45, 2.75) is 13.5 Å². The van der Waals surface area contributed by atoms with Gasteiger partial charge in [0, 0.05) is 6.20 Å². The smallest absolute Gasteiger partial charge is 0.254 e. The molecule has 0 aliphatic heterocycles. The Bertz CT molecular complexity index is 600. The van der Waals surface area contributed by atoms with Gasteiger partial charge in [-0.25, -0.2) is 4.98 Å². The molecule has 0 aliphatic rings. The molecule has 1 amide bonds. The second kappa shape index (κ2) is 5.62. The molecule has 2 aromatic heterocycles. The molecule has 0 spiro atoms. The molecule has 0 saturated heterocycles. The zero-order chi connectivity index (χ0) is 13.8. The van der Waals surface area contributed by atoms with Crippen molar-refractivity contribution in [2.75, 3.05) is 5.73 Å². The largest absolute Gasteiger partial charge is 0.397 e. The summed E-state index contributed by atoms with van der Waals surface area (Å²) in [4.78, 5) is 24.0. The maximum Gasteiger partial charge on any atom is 0.254 e. The number of nitrogens with two attached hydrogens (primary N) is 1. The number of anilines is 1. The third kappa shape index (κ3) is 3.38. The summed E-state index contributed by atoms with van der Waals surface area (Å²) in [7, 11) is 0. The van der Waals surface area contributed by atoms with Crippen molar-refractivity contribution >= 4 is 23.2 Å². The molecule has 0 unspecified atom stereocenters. The number of nitrogens with one attached hydrogen (secondary N) is 1. The first-order chi connectivity index (χ1) is 9.06. The molecule has 0 aromatic carbocycles. The Morgan fingerprint density at radius 2 is 2.11 bits per heavy atom. The number of nitrogen functional groups attached to an aromatic ring is 1. The molecule has 0 radical (unpaired) electrons. The summed E-state index contributed by atoms with van der Waals surface area (Å²) >= 11 is 5.84. The van der Waals surface area contributed by atoms with E-state index in [1.165, 1.54) is 12.3 Å². The van der Waals surface area contributed by atoms with Gasteiger partial charge in [0.05, 0.1) is 41.6 Å². The van der Waals surface area contributed by atoms with Crippen molar-refractivity contribution < 1.29 is 4.79 Å². The van der Waals surface area contributed by atoms with Crippen LogP contribution in [0.3, 0.4) is 0 Å². The standard InChI is InChI=1S/C12H12ClN5O/c1-7-3-16-9(5-15-7)6-18-12(19)10-2-8(14)4-17-11(10)13/h2-5H,6,14H2,1H3,(H,18,19). The molecular formula is C12H12ClN5O. The monoisotopic (exact) mass is 277 g/mol. The van der Waals surface area contributed by atoms with Crippen molar-refractivity contribution in [3.63, 3.8) is 0 Å². The molecule has 19 heavy (non-hydrogen) atoms. The first-order valence-corrected chi connectivity index (χ1v) is 5.91. The number of aromatic nitrogens is 3. The lowest BCUT2D eigenvalue weighted by atomic mass is 10.2. The van der Waals surface area contributed by atoms with E-state index in [0.717, 1.165) is 5.69 Å². The van der Waals surface area contributed by atoms with Gasteiger partial charge in [0.25, 0.3) is 5.91 Å². The molecule has 2 heterocycles. The highest BCUT2D eigenvalue weighted by atomic mass is 35.5. The van der Waals surface area contributed by atoms with Crippen LogP contribution in [0.15, 0.2) is 24.7 Å². The Morgan fingerprint density at radius 3 is 2.79 bits per heavy atom. The molecule has 98 valence electrons. The summed E-state index contributed by atoms with van der Waals surface area (Å²) in [5.74, 6) is -0.354. The number of hydrogen-bond donors (Lipinski definition) is 2. The van der Waals surface area contributed by atoms with E-state index in [9.17, 15) is 4.79 Å². The number of aryl methyl sites for hydroxylation is 1. The van der Waals surface area contributed by atoms with E-state index in [4.69, 9.17) is 17.3 Å². The van der Waals surface area contributed by atoms with Crippen molar-refractivity contribution in [1.82, 2.24) is 20.3 Å². The predicted octanol–water partition coefficient (Wildman–Crippen LogP) is 1.35. The summed E-state index contributed by atoms with van der Waals surface area (Å²) in [6, 6.07) is 1.48. The van der Waals surface area contributed by atoms with Crippen LogP contribution in [-0.4, -0.2) is 20.9 Å². The van der Waals surface area contributed by atoms with Gasteiger partial charge in [-0.05, 0) is 13.0 Å². The number of carbonyl (C=O) groups excluding carboxylic acids is 1. The molecule has 7 heteroatoms. The van der Waals surface area contributed by atoms with Crippen LogP contribution in [0.4, 0.5) is 5.69 Å². The molecule has 2 aromatic rings. The number of amides is 1. The topological polar surface area (TPSA) is 93.8 Å². The summed E-state index contributed by atoms with van der Waals surface area (Å²) in [6.45, 7) is 2.10. The maximum atomic E-state index is 11.9. The zero-order valence-corrected chi connectivity index (χ0v) is 11.0. The molecule has 6 nitrogen and oxygen atoms in total. The quantitative estimate of drug-likeness (QED) is 0.826. The Kier molecular flexibility index (Phi) is 3.91. The van der Waals surface area contributed by atoms with Crippen LogP contribution in [0.5, 0.6) is 0 Å². The van der Waals surface area contributed by atoms with Gasteiger partial charge in [-0.2, -0.15) is 0 Å². The minimum atomic E-state index is -0.354. The number of hydrogen-bond acceptors (Lipinski definition) is 5. The minimum Gasteiger partial charge on any atom is -0.397 e. The van der Waals surface area contributed by atoms with E-state index in [1.54, 1.807) is 12.4 Å². The molecule has 0 fully saturated rings. The Hall–Kier alpha value is -2.21. The SMILES string of the molecule is Cc1cnc(CNC(=O)c2cc(N)cnc2Cl)cn1. The van der Waals surface area contributed by atoms with E-state index >= 15 is 0 Å². The predicted molar refractivity (Wildman–Crippen MR) is 71.6 cm³/mol.